The Labute approximate surface area is 59.7 Å². The Kier molecular flexibility index (Phi) is 2.48. The third-order valence-electron chi connectivity index (χ3n) is 0.566. The second-order valence-electron chi connectivity index (χ2n) is 2.16. The van der Waals surface area contributed by atoms with Crippen LogP contribution >= 0.6 is 0 Å². The molecule has 0 amide bonds. The summed E-state index contributed by atoms with van der Waals surface area (Å²) in [5.74, 6) is 0. The molecule has 0 aliphatic rings. The largest absolute Gasteiger partial charge is 0.409 e. The average Bonchev–Trinajstić information content (AvgIpc) is 1.14. The lowest BCUT2D eigenvalue weighted by molar-refractivity contribution is 0.120. The molecule has 9 heavy (non-hydrogen) atoms. The third-order valence-corrected chi connectivity index (χ3v) is 0.566. The fraction of sp³-hybridized carbons (Fsp3) is 1.00. The predicted molar refractivity (Wildman–Crippen MR) is 37.5 cm³/mol. The number of hydrogen-bond donors (Lipinski definition) is 2. The van der Waals surface area contributed by atoms with E-state index >= 15 is 0 Å². The van der Waals surface area contributed by atoms with Crippen LogP contribution in [0.3, 0.4) is 0 Å². The van der Waals surface area contributed by atoms with Crippen LogP contribution in [0.4, 0.5) is 0 Å². The van der Waals surface area contributed by atoms with Crippen LogP contribution < -0.4 is 0 Å². The molecule has 0 bridgehead atoms. The molecule has 0 aliphatic carbocycles. The summed E-state index contributed by atoms with van der Waals surface area (Å²) in [5.41, 5.74) is 0. The van der Waals surface area contributed by atoms with Crippen LogP contribution in [-0.2, 0) is 0 Å². The maximum Gasteiger partial charge on any atom is 0.0990 e. The van der Waals surface area contributed by atoms with E-state index in [1.54, 1.807) is 0 Å². The molecule has 0 saturated carbocycles. The van der Waals surface area contributed by atoms with Gasteiger partial charge in [-0.1, -0.05) is 0 Å². The summed E-state index contributed by atoms with van der Waals surface area (Å²) in [7, 11) is 19.3. The highest BCUT2D eigenvalue weighted by atomic mass is 16.3. The van der Waals surface area contributed by atoms with E-state index in [4.69, 9.17) is 41.6 Å². The first-order valence-corrected chi connectivity index (χ1v) is 2.31. The zero-order chi connectivity index (χ0) is 7.71. The molecule has 0 aromatic carbocycles. The maximum absolute atomic E-state index is 8.59. The van der Waals surface area contributed by atoms with Gasteiger partial charge in [-0.3, -0.25) is 0 Å². The van der Waals surface area contributed by atoms with Crippen molar-refractivity contribution in [3.8, 4) is 0 Å². The van der Waals surface area contributed by atoms with Crippen molar-refractivity contribution < 1.29 is 10.2 Å². The standard InChI is InChI=1S/C3H4B4O2/c4-2(5,8)1-3(6,7)9/h8-9H,1H2. The first-order valence-electron chi connectivity index (χ1n) is 2.31. The summed E-state index contributed by atoms with van der Waals surface area (Å²) < 4.78 is 0. The van der Waals surface area contributed by atoms with Gasteiger partial charge in [-0.2, -0.15) is 0 Å². The molecule has 0 aromatic rings. The topological polar surface area (TPSA) is 40.5 Å². The van der Waals surface area contributed by atoms with Crippen molar-refractivity contribution in [3.63, 3.8) is 0 Å². The van der Waals surface area contributed by atoms with E-state index in [2.05, 4.69) is 0 Å². The van der Waals surface area contributed by atoms with Crippen molar-refractivity contribution >= 4 is 31.4 Å². The predicted octanol–water partition coefficient (Wildman–Crippen LogP) is -2.66. The summed E-state index contributed by atoms with van der Waals surface area (Å²) in [6.45, 7) is 0. The highest BCUT2D eigenvalue weighted by Crippen LogP contribution is 2.08. The lowest BCUT2D eigenvalue weighted by Gasteiger charge is -2.28. The molecule has 2 N–H and O–H groups in total. The summed E-state index contributed by atoms with van der Waals surface area (Å²) >= 11 is 0. The van der Waals surface area contributed by atoms with E-state index < -0.39 is 17.2 Å². The van der Waals surface area contributed by atoms with Crippen LogP contribution in [0.1, 0.15) is 6.42 Å². The molecule has 0 saturated heterocycles. The van der Waals surface area contributed by atoms with E-state index in [1.807, 2.05) is 0 Å². The van der Waals surface area contributed by atoms with Crippen molar-refractivity contribution in [1.29, 1.82) is 0 Å². The van der Waals surface area contributed by atoms with Gasteiger partial charge in [0.05, 0.1) is 31.4 Å². The molecule has 0 rings (SSSR count). The third kappa shape index (κ3) is 8.18. The van der Waals surface area contributed by atoms with E-state index in [-0.39, 0.29) is 0 Å². The average molecular weight is 115 g/mol. The van der Waals surface area contributed by atoms with Crippen molar-refractivity contribution in [3.05, 3.63) is 0 Å². The van der Waals surface area contributed by atoms with Gasteiger partial charge in [0, 0.05) is 0 Å². The van der Waals surface area contributed by atoms with Crippen LogP contribution in [0.5, 0.6) is 0 Å². The minimum Gasteiger partial charge on any atom is -0.409 e. The molecule has 0 aliphatic heterocycles. The summed E-state index contributed by atoms with van der Waals surface area (Å²) in [5, 5.41) is 13.1. The lowest BCUT2D eigenvalue weighted by atomic mass is 9.52. The first-order chi connectivity index (χ1) is 3.71. The van der Waals surface area contributed by atoms with Crippen LogP contribution in [0.25, 0.3) is 0 Å². The molecular weight excluding hydrogens is 111 g/mol. The smallest absolute Gasteiger partial charge is 0.0990 e. The fourth-order valence-electron chi connectivity index (χ4n) is 0.454. The second kappa shape index (κ2) is 2.43. The highest BCUT2D eigenvalue weighted by Gasteiger charge is 2.21. The molecule has 40 valence electrons. The molecule has 2 nitrogen and oxygen atoms in total. The Balaban J connectivity index is 3.75. The van der Waals surface area contributed by atoms with Gasteiger partial charge in [-0.05, 0) is 17.2 Å². The van der Waals surface area contributed by atoms with Gasteiger partial charge in [-0.25, -0.2) is 0 Å². The highest BCUT2D eigenvalue weighted by molar-refractivity contribution is 6.43. The monoisotopic (exact) mass is 116 g/mol. The molecule has 0 spiro atoms. The number of rotatable bonds is 2. The molecule has 0 fully saturated rings. The molecule has 0 unspecified atom stereocenters. The molecular formula is C3H4B4O2. The Bertz CT molecular complexity index is 79.0. The van der Waals surface area contributed by atoms with Crippen molar-refractivity contribution in [2.45, 2.75) is 17.2 Å². The zero-order valence-corrected chi connectivity index (χ0v) is 4.91. The quantitative estimate of drug-likeness (QED) is 0.386. The Hall–Kier alpha value is 0.180. The second-order valence-corrected chi connectivity index (χ2v) is 2.16. The van der Waals surface area contributed by atoms with E-state index in [0.29, 0.717) is 0 Å². The molecule has 6 heteroatoms. The van der Waals surface area contributed by atoms with Gasteiger partial charge in [0.25, 0.3) is 0 Å². The zero-order valence-electron chi connectivity index (χ0n) is 4.91. The normalized spacial score (nSPS) is 13.6. The van der Waals surface area contributed by atoms with E-state index in [9.17, 15) is 0 Å². The molecule has 0 heterocycles. The molecule has 0 aromatic heterocycles. The van der Waals surface area contributed by atoms with E-state index in [0.717, 1.165) is 0 Å². The summed E-state index contributed by atoms with van der Waals surface area (Å²) in [6.07, 6.45) is -0.486. The van der Waals surface area contributed by atoms with Gasteiger partial charge in [0.2, 0.25) is 0 Å². The lowest BCUT2D eigenvalue weighted by Crippen LogP contribution is -2.43. The molecule has 0 atom stereocenters. The Morgan fingerprint density at radius 3 is 1.11 bits per heavy atom. The van der Waals surface area contributed by atoms with Crippen molar-refractivity contribution in [2.75, 3.05) is 0 Å². The summed E-state index contributed by atoms with van der Waals surface area (Å²) in [6, 6.07) is 0. The molecule has 8 radical (unpaired) electrons. The van der Waals surface area contributed by atoms with Gasteiger partial charge >= 0.3 is 0 Å². The Morgan fingerprint density at radius 1 is 0.889 bits per heavy atom. The van der Waals surface area contributed by atoms with E-state index in [1.165, 1.54) is 0 Å². The number of aliphatic hydroxyl groups is 2. The van der Waals surface area contributed by atoms with Crippen molar-refractivity contribution in [1.82, 2.24) is 0 Å². The SMILES string of the molecule is [B]C([B])(O)CC([B])([B])O. The van der Waals surface area contributed by atoms with Crippen LogP contribution in [0.2, 0.25) is 0 Å². The minimum atomic E-state index is -2.02. The number of hydrogen-bond acceptors (Lipinski definition) is 2. The minimum absolute atomic E-state index is 0.486. The maximum atomic E-state index is 8.59. The Morgan fingerprint density at radius 2 is 1.11 bits per heavy atom. The van der Waals surface area contributed by atoms with Gasteiger partial charge < -0.3 is 10.2 Å². The van der Waals surface area contributed by atoms with Crippen LogP contribution in [-0.4, -0.2) is 52.4 Å². The van der Waals surface area contributed by atoms with Crippen LogP contribution in [0, 0.1) is 0 Å². The van der Waals surface area contributed by atoms with Crippen molar-refractivity contribution in [2.24, 2.45) is 0 Å². The van der Waals surface area contributed by atoms with Crippen LogP contribution in [0.15, 0.2) is 0 Å². The fourth-order valence-corrected chi connectivity index (χ4v) is 0.454. The summed E-state index contributed by atoms with van der Waals surface area (Å²) in [4.78, 5) is 0. The van der Waals surface area contributed by atoms with Gasteiger partial charge in [0.15, 0.2) is 0 Å². The van der Waals surface area contributed by atoms with Gasteiger partial charge in [0.1, 0.15) is 0 Å². The van der Waals surface area contributed by atoms with Gasteiger partial charge in [-0.15, -0.1) is 0 Å². The first kappa shape index (κ1) is 9.18.